The van der Waals surface area contributed by atoms with Crippen molar-refractivity contribution in [3.63, 3.8) is 0 Å². The van der Waals surface area contributed by atoms with E-state index in [1.54, 1.807) is 11.3 Å². The van der Waals surface area contributed by atoms with Gasteiger partial charge in [0.05, 0.1) is 10.7 Å². The average molecular weight is 404 g/mol. The second kappa shape index (κ2) is 10.9. The topological polar surface area (TPSA) is 57.6 Å². The molecule has 1 aromatic carbocycles. The summed E-state index contributed by atoms with van der Waals surface area (Å²) < 4.78 is 5.95. The maximum absolute atomic E-state index is 10.3. The average Bonchev–Trinajstić information content (AvgIpc) is 3.02. The van der Waals surface area contributed by atoms with Gasteiger partial charge in [-0.25, -0.2) is 4.98 Å². The van der Waals surface area contributed by atoms with Gasteiger partial charge < -0.3 is 20.1 Å². The van der Waals surface area contributed by atoms with Crippen molar-refractivity contribution in [1.29, 1.82) is 0 Å². The Kier molecular flexibility index (Phi) is 8.27. The highest BCUT2D eigenvalue weighted by Gasteiger charge is 2.15. The van der Waals surface area contributed by atoms with Gasteiger partial charge in [0.2, 0.25) is 0 Å². The summed E-state index contributed by atoms with van der Waals surface area (Å²) in [6.07, 6.45) is 4.28. The van der Waals surface area contributed by atoms with Crippen LogP contribution < -0.4 is 10.1 Å². The predicted molar refractivity (Wildman–Crippen MR) is 115 cm³/mol. The SMILES string of the molecule is Cc1nc(CCNCc2ccccc2OCC(O)CN2CCCCC2)sc1C. The fourth-order valence-electron chi connectivity index (χ4n) is 3.53. The van der Waals surface area contributed by atoms with Gasteiger partial charge in [0.15, 0.2) is 0 Å². The van der Waals surface area contributed by atoms with E-state index in [1.165, 1.54) is 29.1 Å². The van der Waals surface area contributed by atoms with E-state index in [9.17, 15) is 5.11 Å². The smallest absolute Gasteiger partial charge is 0.123 e. The molecule has 0 amide bonds. The number of benzene rings is 1. The second-order valence-electron chi connectivity index (χ2n) is 7.61. The molecule has 0 aliphatic carbocycles. The number of thiazole rings is 1. The first-order valence-corrected chi connectivity index (χ1v) is 11.2. The third-order valence-corrected chi connectivity index (χ3v) is 6.36. The summed E-state index contributed by atoms with van der Waals surface area (Å²) >= 11 is 1.78. The standard InChI is InChI=1S/C22H33N3O2S/c1-17-18(2)28-22(24-17)10-11-23-14-19-8-4-5-9-21(19)27-16-20(26)15-25-12-6-3-7-13-25/h4-5,8-9,20,23,26H,3,6-7,10-16H2,1-2H3. The number of ether oxygens (including phenoxy) is 1. The Morgan fingerprint density at radius 3 is 2.75 bits per heavy atom. The number of piperidine rings is 1. The second-order valence-corrected chi connectivity index (χ2v) is 8.90. The molecule has 154 valence electrons. The number of rotatable bonds is 10. The lowest BCUT2D eigenvalue weighted by Crippen LogP contribution is -2.38. The van der Waals surface area contributed by atoms with E-state index in [4.69, 9.17) is 4.74 Å². The molecule has 2 N–H and O–H groups in total. The number of aliphatic hydroxyl groups is 1. The summed E-state index contributed by atoms with van der Waals surface area (Å²) in [7, 11) is 0. The van der Waals surface area contributed by atoms with Gasteiger partial charge in [0.1, 0.15) is 18.5 Å². The van der Waals surface area contributed by atoms with E-state index in [0.29, 0.717) is 13.2 Å². The van der Waals surface area contributed by atoms with E-state index in [1.807, 2.05) is 18.2 Å². The quantitative estimate of drug-likeness (QED) is 0.596. The number of para-hydroxylation sites is 1. The lowest BCUT2D eigenvalue weighted by Gasteiger charge is -2.28. The molecular weight excluding hydrogens is 370 g/mol. The van der Waals surface area contributed by atoms with Gasteiger partial charge >= 0.3 is 0 Å². The molecule has 28 heavy (non-hydrogen) atoms. The first-order valence-electron chi connectivity index (χ1n) is 10.4. The highest BCUT2D eigenvalue weighted by molar-refractivity contribution is 7.11. The minimum Gasteiger partial charge on any atom is -0.491 e. The molecule has 1 unspecified atom stereocenters. The third-order valence-electron chi connectivity index (χ3n) is 5.23. The van der Waals surface area contributed by atoms with Gasteiger partial charge in [-0.3, -0.25) is 0 Å². The van der Waals surface area contributed by atoms with Crippen LogP contribution in [0.5, 0.6) is 5.75 Å². The van der Waals surface area contributed by atoms with Crippen molar-refractivity contribution in [2.75, 3.05) is 32.8 Å². The van der Waals surface area contributed by atoms with E-state index in [-0.39, 0.29) is 0 Å². The van der Waals surface area contributed by atoms with Gasteiger partial charge in [-0.15, -0.1) is 11.3 Å². The van der Waals surface area contributed by atoms with Crippen LogP contribution in [0.1, 0.15) is 40.4 Å². The molecule has 0 spiro atoms. The zero-order valence-corrected chi connectivity index (χ0v) is 17.9. The minimum absolute atomic E-state index is 0.338. The van der Waals surface area contributed by atoms with Gasteiger partial charge in [-0.1, -0.05) is 24.6 Å². The molecule has 2 heterocycles. The van der Waals surface area contributed by atoms with Crippen molar-refractivity contribution in [3.8, 4) is 5.75 Å². The molecule has 1 fully saturated rings. The predicted octanol–water partition coefficient (Wildman–Crippen LogP) is 3.32. The van der Waals surface area contributed by atoms with Crippen molar-refractivity contribution >= 4 is 11.3 Å². The Labute approximate surface area is 172 Å². The summed E-state index contributed by atoms with van der Waals surface area (Å²) in [6.45, 7) is 9.05. The fourth-order valence-corrected chi connectivity index (χ4v) is 4.47. The molecule has 6 heteroatoms. The molecule has 0 radical (unpaired) electrons. The largest absolute Gasteiger partial charge is 0.491 e. The van der Waals surface area contributed by atoms with Crippen LogP contribution in [0.3, 0.4) is 0 Å². The molecule has 5 nitrogen and oxygen atoms in total. The fraction of sp³-hybridized carbons (Fsp3) is 0.591. The monoisotopic (exact) mass is 403 g/mol. The number of aliphatic hydroxyl groups excluding tert-OH is 1. The number of hydrogen-bond acceptors (Lipinski definition) is 6. The summed E-state index contributed by atoms with van der Waals surface area (Å²) in [5.41, 5.74) is 2.26. The van der Waals surface area contributed by atoms with E-state index in [2.05, 4.69) is 35.1 Å². The molecule has 1 aromatic heterocycles. The number of nitrogens with zero attached hydrogens (tertiary/aromatic N) is 2. The Hall–Kier alpha value is -1.47. The zero-order chi connectivity index (χ0) is 19.8. The number of aryl methyl sites for hydroxylation is 2. The Morgan fingerprint density at radius 2 is 2.00 bits per heavy atom. The number of nitrogens with one attached hydrogen (secondary N) is 1. The van der Waals surface area contributed by atoms with Gasteiger partial charge in [-0.05, 0) is 45.8 Å². The molecular formula is C22H33N3O2S. The molecule has 1 saturated heterocycles. The van der Waals surface area contributed by atoms with Gasteiger partial charge in [0.25, 0.3) is 0 Å². The van der Waals surface area contributed by atoms with Crippen LogP contribution in [0.15, 0.2) is 24.3 Å². The van der Waals surface area contributed by atoms with Crippen molar-refractivity contribution < 1.29 is 9.84 Å². The highest BCUT2D eigenvalue weighted by Crippen LogP contribution is 2.19. The van der Waals surface area contributed by atoms with Crippen LogP contribution in [0, 0.1) is 13.8 Å². The first-order chi connectivity index (χ1) is 13.6. The summed E-state index contributed by atoms with van der Waals surface area (Å²) in [6, 6.07) is 8.08. The van der Waals surface area contributed by atoms with Crippen molar-refractivity contribution in [2.45, 2.75) is 52.2 Å². The van der Waals surface area contributed by atoms with Crippen LogP contribution in [-0.4, -0.2) is 53.9 Å². The van der Waals surface area contributed by atoms with E-state index in [0.717, 1.165) is 49.6 Å². The minimum atomic E-state index is -0.449. The van der Waals surface area contributed by atoms with Crippen LogP contribution in [0.4, 0.5) is 0 Å². The summed E-state index contributed by atoms with van der Waals surface area (Å²) in [5, 5.41) is 15.0. The molecule has 1 aliphatic rings. The number of likely N-dealkylation sites (tertiary alicyclic amines) is 1. The molecule has 1 aliphatic heterocycles. The van der Waals surface area contributed by atoms with E-state index >= 15 is 0 Å². The molecule has 0 bridgehead atoms. The normalized spacial score (nSPS) is 16.2. The lowest BCUT2D eigenvalue weighted by atomic mass is 10.1. The van der Waals surface area contributed by atoms with Gasteiger partial charge in [0, 0.05) is 36.5 Å². The summed E-state index contributed by atoms with van der Waals surface area (Å²) in [5.74, 6) is 0.855. The molecule has 3 rings (SSSR count). The van der Waals surface area contributed by atoms with Crippen LogP contribution in [0.25, 0.3) is 0 Å². The highest BCUT2D eigenvalue weighted by atomic mass is 32.1. The molecule has 0 saturated carbocycles. The van der Waals surface area contributed by atoms with Crippen molar-refractivity contribution in [1.82, 2.24) is 15.2 Å². The summed E-state index contributed by atoms with van der Waals surface area (Å²) in [4.78, 5) is 8.23. The maximum Gasteiger partial charge on any atom is 0.123 e. The lowest BCUT2D eigenvalue weighted by molar-refractivity contribution is 0.0614. The molecule has 1 atom stereocenters. The number of hydrogen-bond donors (Lipinski definition) is 2. The Balaban J connectivity index is 1.41. The van der Waals surface area contributed by atoms with Crippen molar-refractivity contribution in [2.24, 2.45) is 0 Å². The Bertz CT molecular complexity index is 709. The molecule has 2 aromatic rings. The maximum atomic E-state index is 10.3. The van der Waals surface area contributed by atoms with Crippen molar-refractivity contribution in [3.05, 3.63) is 45.4 Å². The van der Waals surface area contributed by atoms with Gasteiger partial charge in [-0.2, -0.15) is 0 Å². The van der Waals surface area contributed by atoms with Crippen LogP contribution in [0.2, 0.25) is 0 Å². The van der Waals surface area contributed by atoms with E-state index < -0.39 is 6.10 Å². The number of β-amino-alcohol motifs (C(OH)–C–C–N with tert-alkyl or cyclic N) is 1. The first kappa shape index (κ1) is 21.2. The van der Waals surface area contributed by atoms with Crippen LogP contribution in [-0.2, 0) is 13.0 Å². The Morgan fingerprint density at radius 1 is 1.21 bits per heavy atom. The third kappa shape index (κ3) is 6.55. The number of aromatic nitrogens is 1. The van der Waals surface area contributed by atoms with Crippen LogP contribution >= 0.6 is 11.3 Å². The zero-order valence-electron chi connectivity index (χ0n) is 17.1.